The molecule has 0 aliphatic heterocycles. The molecule has 0 heterocycles. The van der Waals surface area contributed by atoms with Crippen LogP contribution >= 0.6 is 11.6 Å². The highest BCUT2D eigenvalue weighted by Crippen LogP contribution is 2.22. The fourth-order valence-electron chi connectivity index (χ4n) is 0.987. The minimum Gasteiger partial charge on any atom is -0.496 e. The number of benzene rings is 1. The quantitative estimate of drug-likeness (QED) is 0.675. The molecule has 0 fully saturated rings. The molecule has 3 nitrogen and oxygen atoms in total. The van der Waals surface area contributed by atoms with Crippen LogP contribution < -0.4 is 10.2 Å². The second-order valence-electron chi connectivity index (χ2n) is 2.38. The second-order valence-corrected chi connectivity index (χ2v) is 2.79. The number of rotatable bonds is 2. The highest BCUT2D eigenvalue weighted by atomic mass is 35.5. The summed E-state index contributed by atoms with van der Waals surface area (Å²) in [6, 6.07) is 1.99. The van der Waals surface area contributed by atoms with Crippen LogP contribution in [0.3, 0.4) is 0 Å². The van der Waals surface area contributed by atoms with Crippen LogP contribution in [-0.4, -0.2) is 24.3 Å². The fraction of sp³-hybridized carbons (Fsp3) is 0.143. The average molecular weight is 204 g/mol. The molecular formula is C7H7BClFO3. The van der Waals surface area contributed by atoms with E-state index in [0.29, 0.717) is 0 Å². The maximum atomic E-state index is 12.7. The third-order valence-corrected chi connectivity index (χ3v) is 1.80. The van der Waals surface area contributed by atoms with Crippen molar-refractivity contribution in [1.82, 2.24) is 0 Å². The van der Waals surface area contributed by atoms with Gasteiger partial charge in [0.15, 0.2) is 0 Å². The molecule has 0 unspecified atom stereocenters. The van der Waals surface area contributed by atoms with E-state index in [4.69, 9.17) is 26.4 Å². The topological polar surface area (TPSA) is 49.7 Å². The van der Waals surface area contributed by atoms with Crippen LogP contribution in [0, 0.1) is 5.82 Å². The molecule has 0 bridgehead atoms. The molecule has 0 saturated heterocycles. The molecule has 6 heteroatoms. The molecule has 70 valence electrons. The first-order valence-electron chi connectivity index (χ1n) is 3.45. The van der Waals surface area contributed by atoms with E-state index >= 15 is 0 Å². The van der Waals surface area contributed by atoms with Crippen molar-refractivity contribution in [3.05, 3.63) is 23.0 Å². The predicted molar refractivity (Wildman–Crippen MR) is 47.8 cm³/mol. The zero-order valence-electron chi connectivity index (χ0n) is 6.79. The van der Waals surface area contributed by atoms with Gasteiger partial charge in [-0.2, -0.15) is 0 Å². The molecule has 13 heavy (non-hydrogen) atoms. The predicted octanol–water partition coefficient (Wildman–Crippen LogP) is 0.167. The van der Waals surface area contributed by atoms with Crippen molar-refractivity contribution in [3.8, 4) is 5.75 Å². The van der Waals surface area contributed by atoms with Gasteiger partial charge in [0.05, 0.1) is 12.1 Å². The van der Waals surface area contributed by atoms with Crippen molar-refractivity contribution in [2.45, 2.75) is 0 Å². The SMILES string of the molecule is COc1c(Cl)cc(F)cc1B(O)O. The lowest BCUT2D eigenvalue weighted by Crippen LogP contribution is -2.31. The van der Waals surface area contributed by atoms with E-state index in [1.807, 2.05) is 0 Å². The average Bonchev–Trinajstić information content (AvgIpc) is 2.02. The van der Waals surface area contributed by atoms with Crippen molar-refractivity contribution in [3.63, 3.8) is 0 Å². The summed E-state index contributed by atoms with van der Waals surface area (Å²) in [5.41, 5.74) is -0.0903. The Morgan fingerprint density at radius 1 is 1.46 bits per heavy atom. The van der Waals surface area contributed by atoms with Gasteiger partial charge >= 0.3 is 7.12 Å². The lowest BCUT2D eigenvalue weighted by Gasteiger charge is -2.09. The first-order chi connectivity index (χ1) is 6.06. The van der Waals surface area contributed by atoms with Gasteiger partial charge in [-0.3, -0.25) is 0 Å². The minimum absolute atomic E-state index is 0.00519. The molecule has 0 spiro atoms. The number of halogens is 2. The van der Waals surface area contributed by atoms with Gasteiger partial charge in [0.2, 0.25) is 0 Å². The summed E-state index contributed by atoms with van der Waals surface area (Å²) in [7, 11) is -0.492. The largest absolute Gasteiger partial charge is 0.496 e. The molecule has 0 aliphatic rings. The molecule has 1 rings (SSSR count). The molecule has 0 aliphatic carbocycles. The molecule has 1 aromatic rings. The van der Waals surface area contributed by atoms with Crippen LogP contribution in [0.4, 0.5) is 4.39 Å². The molecular weight excluding hydrogens is 197 g/mol. The van der Waals surface area contributed by atoms with Crippen molar-refractivity contribution >= 4 is 24.2 Å². The number of methoxy groups -OCH3 is 1. The van der Waals surface area contributed by atoms with Gasteiger partial charge in [0, 0.05) is 5.46 Å². The Balaban J connectivity index is 3.29. The van der Waals surface area contributed by atoms with E-state index in [1.165, 1.54) is 7.11 Å². The Kier molecular flexibility index (Phi) is 3.14. The van der Waals surface area contributed by atoms with Crippen LogP contribution in [-0.2, 0) is 0 Å². The number of hydrogen-bond donors (Lipinski definition) is 2. The molecule has 0 amide bonds. The van der Waals surface area contributed by atoms with Gasteiger partial charge in [-0.15, -0.1) is 0 Å². The molecule has 0 atom stereocenters. The Bertz CT molecular complexity index is 319. The van der Waals surface area contributed by atoms with Crippen molar-refractivity contribution in [2.24, 2.45) is 0 Å². The Labute approximate surface area is 79.9 Å². The summed E-state index contributed by atoms with van der Waals surface area (Å²) in [6.45, 7) is 0. The normalized spacial score (nSPS) is 9.92. The van der Waals surface area contributed by atoms with E-state index in [9.17, 15) is 4.39 Å². The van der Waals surface area contributed by atoms with Gasteiger partial charge in [0.25, 0.3) is 0 Å². The summed E-state index contributed by atoms with van der Waals surface area (Å²) in [5.74, 6) is -0.577. The van der Waals surface area contributed by atoms with E-state index in [0.717, 1.165) is 12.1 Å². The van der Waals surface area contributed by atoms with E-state index < -0.39 is 12.9 Å². The van der Waals surface area contributed by atoms with Gasteiger partial charge < -0.3 is 14.8 Å². The van der Waals surface area contributed by atoms with Crippen molar-refractivity contribution in [1.29, 1.82) is 0 Å². The maximum Gasteiger partial charge on any atom is 0.492 e. The van der Waals surface area contributed by atoms with Crippen molar-refractivity contribution < 1.29 is 19.2 Å². The zero-order valence-corrected chi connectivity index (χ0v) is 7.55. The first kappa shape index (κ1) is 10.3. The first-order valence-corrected chi connectivity index (χ1v) is 3.83. The maximum absolute atomic E-state index is 12.7. The lowest BCUT2D eigenvalue weighted by molar-refractivity contribution is 0.402. The molecule has 1 aromatic carbocycles. The van der Waals surface area contributed by atoms with Gasteiger partial charge in [-0.25, -0.2) is 4.39 Å². The summed E-state index contributed by atoms with van der Waals surface area (Å²) < 4.78 is 17.5. The van der Waals surface area contributed by atoms with Crippen molar-refractivity contribution in [2.75, 3.05) is 7.11 Å². The van der Waals surface area contributed by atoms with Crippen LogP contribution in [0.5, 0.6) is 5.75 Å². The fourth-order valence-corrected chi connectivity index (χ4v) is 1.28. The van der Waals surface area contributed by atoms with Crippen LogP contribution in [0.25, 0.3) is 0 Å². The third kappa shape index (κ3) is 2.12. The van der Waals surface area contributed by atoms with E-state index in [-0.39, 0.29) is 16.2 Å². The summed E-state index contributed by atoms with van der Waals surface area (Å²) >= 11 is 5.59. The Hall–Kier alpha value is -0.775. The van der Waals surface area contributed by atoms with Crippen LogP contribution in [0.1, 0.15) is 0 Å². The lowest BCUT2D eigenvalue weighted by atomic mass is 9.79. The summed E-state index contributed by atoms with van der Waals surface area (Å²) in [6.07, 6.45) is 0. The standard InChI is InChI=1S/C7H7BClFO3/c1-13-7-5(8(11)12)2-4(10)3-6(7)9/h2-3,11-12H,1H3. The monoisotopic (exact) mass is 204 g/mol. The third-order valence-electron chi connectivity index (χ3n) is 1.52. The smallest absolute Gasteiger partial charge is 0.492 e. The van der Waals surface area contributed by atoms with Crippen LogP contribution in [0.15, 0.2) is 12.1 Å². The second kappa shape index (κ2) is 3.96. The summed E-state index contributed by atoms with van der Waals surface area (Å²) in [5, 5.41) is 17.7. The van der Waals surface area contributed by atoms with Crippen LogP contribution in [0.2, 0.25) is 5.02 Å². The zero-order chi connectivity index (χ0) is 10.0. The minimum atomic E-state index is -1.80. The Morgan fingerprint density at radius 3 is 2.54 bits per heavy atom. The summed E-state index contributed by atoms with van der Waals surface area (Å²) in [4.78, 5) is 0. The van der Waals surface area contributed by atoms with Gasteiger partial charge in [-0.05, 0) is 12.1 Å². The Morgan fingerprint density at radius 2 is 2.08 bits per heavy atom. The number of ether oxygens (including phenoxy) is 1. The highest BCUT2D eigenvalue weighted by molar-refractivity contribution is 6.60. The molecule has 0 saturated carbocycles. The number of hydrogen-bond acceptors (Lipinski definition) is 3. The molecule has 0 radical (unpaired) electrons. The van der Waals surface area contributed by atoms with E-state index in [2.05, 4.69) is 0 Å². The van der Waals surface area contributed by atoms with Gasteiger partial charge in [0.1, 0.15) is 11.6 Å². The van der Waals surface area contributed by atoms with Gasteiger partial charge in [-0.1, -0.05) is 11.6 Å². The van der Waals surface area contributed by atoms with E-state index in [1.54, 1.807) is 0 Å². The molecule has 2 N–H and O–H groups in total. The highest BCUT2D eigenvalue weighted by Gasteiger charge is 2.20. The molecule has 0 aromatic heterocycles.